The zero-order chi connectivity index (χ0) is 19.4. The van der Waals surface area contributed by atoms with Gasteiger partial charge < -0.3 is 24.4 Å². The number of ether oxygens (including phenoxy) is 3. The highest BCUT2D eigenvalue weighted by Crippen LogP contribution is 2.35. The van der Waals surface area contributed by atoms with Crippen molar-refractivity contribution in [3.8, 4) is 11.5 Å². The molecule has 1 N–H and O–H groups in total. The van der Waals surface area contributed by atoms with Crippen molar-refractivity contribution < 1.29 is 19.0 Å². The van der Waals surface area contributed by atoms with Gasteiger partial charge in [0, 0.05) is 51.0 Å². The minimum absolute atomic E-state index is 0.228. The molecular weight excluding hydrogens is 346 g/mol. The maximum atomic E-state index is 12.1. The second kappa shape index (κ2) is 8.25. The molecule has 0 spiro atoms. The van der Waals surface area contributed by atoms with E-state index in [1.165, 1.54) is 5.56 Å². The quantitative estimate of drug-likeness (QED) is 0.851. The lowest BCUT2D eigenvalue weighted by Crippen LogP contribution is -2.50. The first-order chi connectivity index (χ1) is 12.9. The zero-order valence-corrected chi connectivity index (χ0v) is 16.8. The summed E-state index contributed by atoms with van der Waals surface area (Å²) in [5, 5.41) is 3.37. The molecule has 2 heterocycles. The van der Waals surface area contributed by atoms with E-state index in [2.05, 4.69) is 16.3 Å². The fourth-order valence-corrected chi connectivity index (χ4v) is 3.34. The minimum Gasteiger partial charge on any atom is -0.493 e. The molecule has 1 fully saturated rings. The second-order valence-corrected chi connectivity index (χ2v) is 7.99. The Labute approximate surface area is 161 Å². The fourth-order valence-electron chi connectivity index (χ4n) is 3.34. The Morgan fingerprint density at radius 3 is 2.56 bits per heavy atom. The van der Waals surface area contributed by atoms with Gasteiger partial charge in [-0.3, -0.25) is 4.90 Å². The summed E-state index contributed by atoms with van der Waals surface area (Å²) >= 11 is 0. The maximum absolute atomic E-state index is 12.1. The number of rotatable bonds is 5. The first kappa shape index (κ1) is 19.6. The van der Waals surface area contributed by atoms with E-state index in [4.69, 9.17) is 14.2 Å². The van der Waals surface area contributed by atoms with E-state index in [0.29, 0.717) is 19.7 Å². The molecule has 1 aromatic rings. The summed E-state index contributed by atoms with van der Waals surface area (Å²) in [6, 6.07) is 4.09. The largest absolute Gasteiger partial charge is 0.493 e. The number of methoxy groups -OCH3 is 1. The molecule has 0 unspecified atom stereocenters. The van der Waals surface area contributed by atoms with Gasteiger partial charge in [0.15, 0.2) is 11.5 Å². The smallest absolute Gasteiger partial charge is 0.410 e. The predicted molar refractivity (Wildman–Crippen MR) is 105 cm³/mol. The molecule has 0 aromatic heterocycles. The van der Waals surface area contributed by atoms with E-state index in [-0.39, 0.29) is 6.09 Å². The summed E-state index contributed by atoms with van der Waals surface area (Å²) in [4.78, 5) is 16.2. The number of anilines is 1. The molecule has 3 rings (SSSR count). The van der Waals surface area contributed by atoms with E-state index in [1.807, 2.05) is 26.8 Å². The first-order valence-corrected chi connectivity index (χ1v) is 9.63. The first-order valence-electron chi connectivity index (χ1n) is 9.63. The Kier molecular flexibility index (Phi) is 5.99. The second-order valence-electron chi connectivity index (χ2n) is 7.99. The van der Waals surface area contributed by atoms with E-state index < -0.39 is 5.60 Å². The molecule has 1 saturated heterocycles. The minimum atomic E-state index is -0.453. The molecule has 2 aliphatic rings. The van der Waals surface area contributed by atoms with Crippen molar-refractivity contribution >= 4 is 11.8 Å². The van der Waals surface area contributed by atoms with E-state index in [9.17, 15) is 4.79 Å². The number of hydrogen-bond acceptors (Lipinski definition) is 6. The Morgan fingerprint density at radius 1 is 1.15 bits per heavy atom. The fraction of sp³-hybridized carbons (Fsp3) is 0.650. The number of piperazine rings is 1. The van der Waals surface area contributed by atoms with Crippen LogP contribution in [0.5, 0.6) is 11.5 Å². The van der Waals surface area contributed by atoms with Gasteiger partial charge in [0.2, 0.25) is 0 Å². The molecule has 0 bridgehead atoms. The molecule has 7 nitrogen and oxygen atoms in total. The third-order valence-corrected chi connectivity index (χ3v) is 4.79. The van der Waals surface area contributed by atoms with Crippen LogP contribution in [0.4, 0.5) is 10.5 Å². The molecule has 1 amide bonds. The van der Waals surface area contributed by atoms with E-state index >= 15 is 0 Å². The van der Waals surface area contributed by atoms with Crippen LogP contribution in [0.3, 0.4) is 0 Å². The summed E-state index contributed by atoms with van der Waals surface area (Å²) in [5.41, 5.74) is 1.96. The van der Waals surface area contributed by atoms with Crippen LogP contribution in [0.1, 0.15) is 26.3 Å². The zero-order valence-electron chi connectivity index (χ0n) is 16.8. The summed E-state index contributed by atoms with van der Waals surface area (Å²) in [7, 11) is 1.67. The number of nitrogens with one attached hydrogen (secondary N) is 1. The summed E-state index contributed by atoms with van der Waals surface area (Å²) in [6.45, 7) is 11.0. The number of carbonyl (C=O) groups excluding carboxylic acids is 1. The Morgan fingerprint density at radius 2 is 1.89 bits per heavy atom. The van der Waals surface area contributed by atoms with Gasteiger partial charge in [-0.15, -0.1) is 0 Å². The van der Waals surface area contributed by atoms with Gasteiger partial charge in [-0.05, 0) is 38.8 Å². The number of benzene rings is 1. The van der Waals surface area contributed by atoms with Crippen molar-refractivity contribution in [1.29, 1.82) is 0 Å². The number of nitrogens with zero attached hydrogens (tertiary/aromatic N) is 2. The van der Waals surface area contributed by atoms with E-state index in [1.54, 1.807) is 12.0 Å². The lowest BCUT2D eigenvalue weighted by Gasteiger charge is -2.35. The monoisotopic (exact) mass is 377 g/mol. The lowest BCUT2D eigenvalue weighted by atomic mass is 10.1. The average molecular weight is 377 g/mol. The van der Waals surface area contributed by atoms with Gasteiger partial charge in [0.05, 0.1) is 7.11 Å². The molecule has 27 heavy (non-hydrogen) atoms. The lowest BCUT2D eigenvalue weighted by molar-refractivity contribution is 0.0136. The highest BCUT2D eigenvalue weighted by Gasteiger charge is 2.25. The van der Waals surface area contributed by atoms with Crippen LogP contribution in [0.2, 0.25) is 0 Å². The van der Waals surface area contributed by atoms with Crippen molar-refractivity contribution in [3.63, 3.8) is 0 Å². The van der Waals surface area contributed by atoms with Gasteiger partial charge in [-0.1, -0.05) is 0 Å². The molecule has 150 valence electrons. The van der Waals surface area contributed by atoms with Crippen molar-refractivity contribution in [3.05, 3.63) is 17.7 Å². The number of amides is 1. The van der Waals surface area contributed by atoms with Crippen molar-refractivity contribution in [2.75, 3.05) is 58.3 Å². The van der Waals surface area contributed by atoms with Crippen LogP contribution in [0.15, 0.2) is 12.1 Å². The van der Waals surface area contributed by atoms with Crippen LogP contribution >= 0.6 is 0 Å². The standard InChI is InChI=1S/C20H31N3O4/c1-20(2,3)27-19(24)23-9-7-22(8-10-23)11-12-26-18-14-16-15(5-6-21-16)13-17(18)25-4/h13-14,21H,5-12H2,1-4H3. The Bertz CT molecular complexity index is 664. The topological polar surface area (TPSA) is 63.3 Å². The SMILES string of the molecule is COc1cc2c(cc1OCCN1CCN(C(=O)OC(C)(C)C)CC1)NCC2. The van der Waals surface area contributed by atoms with Crippen LogP contribution in [0, 0.1) is 0 Å². The van der Waals surface area contributed by atoms with Crippen LogP contribution in [0.25, 0.3) is 0 Å². The van der Waals surface area contributed by atoms with Crippen LogP contribution < -0.4 is 14.8 Å². The molecule has 0 atom stereocenters. The molecule has 0 radical (unpaired) electrons. The summed E-state index contributed by atoms with van der Waals surface area (Å²) in [6.07, 6.45) is 0.794. The molecule has 0 aliphatic carbocycles. The third kappa shape index (κ3) is 5.19. The van der Waals surface area contributed by atoms with Gasteiger partial charge >= 0.3 is 6.09 Å². The average Bonchev–Trinajstić information content (AvgIpc) is 3.07. The van der Waals surface area contributed by atoms with Gasteiger partial charge in [0.25, 0.3) is 0 Å². The van der Waals surface area contributed by atoms with Gasteiger partial charge in [0.1, 0.15) is 12.2 Å². The predicted octanol–water partition coefficient (Wildman–Crippen LogP) is 2.59. The maximum Gasteiger partial charge on any atom is 0.410 e. The van der Waals surface area contributed by atoms with Crippen molar-refractivity contribution in [1.82, 2.24) is 9.80 Å². The third-order valence-electron chi connectivity index (χ3n) is 4.79. The molecule has 2 aliphatic heterocycles. The van der Waals surface area contributed by atoms with Crippen molar-refractivity contribution in [2.24, 2.45) is 0 Å². The highest BCUT2D eigenvalue weighted by molar-refractivity contribution is 5.68. The normalized spacial score (nSPS) is 17.3. The molecule has 0 saturated carbocycles. The van der Waals surface area contributed by atoms with Gasteiger partial charge in [-0.25, -0.2) is 4.79 Å². The van der Waals surface area contributed by atoms with Crippen LogP contribution in [-0.4, -0.2) is 74.5 Å². The molecular formula is C20H31N3O4. The number of carbonyl (C=O) groups is 1. The van der Waals surface area contributed by atoms with E-state index in [0.717, 1.165) is 49.8 Å². The Hall–Kier alpha value is -2.15. The Balaban J connectivity index is 1.44. The number of hydrogen-bond donors (Lipinski definition) is 1. The number of fused-ring (bicyclic) bond motifs is 1. The molecule has 1 aromatic carbocycles. The van der Waals surface area contributed by atoms with Gasteiger partial charge in [-0.2, -0.15) is 0 Å². The summed E-state index contributed by atoms with van der Waals surface area (Å²) < 4.78 is 16.9. The van der Waals surface area contributed by atoms with Crippen molar-refractivity contribution in [2.45, 2.75) is 32.8 Å². The summed E-state index contributed by atoms with van der Waals surface area (Å²) in [5.74, 6) is 1.56. The highest BCUT2D eigenvalue weighted by atomic mass is 16.6. The van der Waals surface area contributed by atoms with Crippen LogP contribution in [-0.2, 0) is 11.2 Å². The molecule has 7 heteroatoms.